The fourth-order valence-corrected chi connectivity index (χ4v) is 4.13. The van der Waals surface area contributed by atoms with Crippen LogP contribution in [0.4, 0.5) is 0 Å². The molecule has 2 amide bonds. The normalized spacial score (nSPS) is 14.6. The Morgan fingerprint density at radius 1 is 0.630 bits per heavy atom. The lowest BCUT2D eigenvalue weighted by atomic mass is 9.93. The summed E-state index contributed by atoms with van der Waals surface area (Å²) >= 11 is 0. The number of para-hydroxylation sites is 2. The zero-order chi connectivity index (χ0) is 18.7. The van der Waals surface area contributed by atoms with Gasteiger partial charge in [-0.2, -0.15) is 0 Å². The van der Waals surface area contributed by atoms with Crippen LogP contribution in [0.5, 0.6) is 0 Å². The van der Waals surface area contributed by atoms with Crippen LogP contribution < -0.4 is 5.32 Å². The molecule has 132 valence electrons. The molecule has 0 atom stereocenters. The predicted molar refractivity (Wildman–Crippen MR) is 106 cm³/mol. The Balaban J connectivity index is 1.91. The quantitative estimate of drug-likeness (QED) is 0.478. The minimum atomic E-state index is -0.354. The average Bonchev–Trinajstić information content (AvgIpc) is 3.24. The van der Waals surface area contributed by atoms with E-state index in [9.17, 15) is 9.59 Å². The first-order chi connectivity index (χ1) is 13.1. The van der Waals surface area contributed by atoms with Crippen molar-refractivity contribution in [2.45, 2.75) is 13.8 Å². The van der Waals surface area contributed by atoms with Crippen molar-refractivity contribution in [1.82, 2.24) is 15.3 Å². The minimum absolute atomic E-state index is 0.354. The summed E-state index contributed by atoms with van der Waals surface area (Å²) in [5, 5.41) is 4.37. The van der Waals surface area contributed by atoms with Crippen LogP contribution in [-0.2, 0) is 9.59 Å². The molecule has 0 spiro atoms. The summed E-state index contributed by atoms with van der Waals surface area (Å²) in [5.41, 5.74) is 6.06. The van der Waals surface area contributed by atoms with Crippen molar-refractivity contribution < 1.29 is 9.59 Å². The van der Waals surface area contributed by atoms with E-state index in [1.54, 1.807) is 0 Å². The van der Waals surface area contributed by atoms with Gasteiger partial charge in [-0.05, 0) is 26.0 Å². The number of aromatic nitrogens is 2. The van der Waals surface area contributed by atoms with Gasteiger partial charge in [0.05, 0.1) is 11.1 Å². The van der Waals surface area contributed by atoms with Gasteiger partial charge in [-0.25, -0.2) is 0 Å². The molecule has 1 aliphatic rings. The minimum Gasteiger partial charge on any atom is -0.358 e. The monoisotopic (exact) mass is 355 g/mol. The van der Waals surface area contributed by atoms with Crippen LogP contribution in [0.2, 0.25) is 0 Å². The topological polar surface area (TPSA) is 77.8 Å². The van der Waals surface area contributed by atoms with Gasteiger partial charge in [-0.1, -0.05) is 36.4 Å². The summed E-state index contributed by atoms with van der Waals surface area (Å²) in [7, 11) is 0. The molecular weight excluding hydrogens is 338 g/mol. The molecular formula is C22H17N3O2. The van der Waals surface area contributed by atoms with Crippen LogP contribution in [0.15, 0.2) is 48.5 Å². The number of hydrogen-bond acceptors (Lipinski definition) is 2. The molecule has 2 aromatic carbocycles. The Kier molecular flexibility index (Phi) is 3.15. The highest BCUT2D eigenvalue weighted by molar-refractivity contribution is 6.51. The van der Waals surface area contributed by atoms with E-state index in [1.165, 1.54) is 0 Å². The SMILES string of the molecule is Cc1[nH]c2ccccc2c1C1=C(c2c(C)[nH]c3ccccc23)C(=O)NC1=O. The van der Waals surface area contributed by atoms with Gasteiger partial charge in [0, 0.05) is 44.3 Å². The second-order valence-electron chi connectivity index (χ2n) is 6.87. The van der Waals surface area contributed by atoms with Crippen LogP contribution in [0.1, 0.15) is 22.5 Å². The molecule has 4 aromatic rings. The molecule has 3 heterocycles. The Bertz CT molecular complexity index is 1200. The second-order valence-corrected chi connectivity index (χ2v) is 6.87. The molecule has 5 heteroatoms. The van der Waals surface area contributed by atoms with E-state index in [-0.39, 0.29) is 11.8 Å². The molecule has 0 saturated carbocycles. The summed E-state index contributed by atoms with van der Waals surface area (Å²) in [6.45, 7) is 3.86. The molecule has 3 N–H and O–H groups in total. The molecule has 5 nitrogen and oxygen atoms in total. The van der Waals surface area contributed by atoms with Crippen molar-refractivity contribution in [1.29, 1.82) is 0 Å². The summed E-state index contributed by atoms with van der Waals surface area (Å²) < 4.78 is 0. The molecule has 0 radical (unpaired) electrons. The third kappa shape index (κ3) is 2.11. The van der Waals surface area contributed by atoms with E-state index in [2.05, 4.69) is 15.3 Å². The zero-order valence-corrected chi connectivity index (χ0v) is 14.9. The van der Waals surface area contributed by atoms with E-state index in [0.717, 1.165) is 44.3 Å². The lowest BCUT2D eigenvalue weighted by Crippen LogP contribution is -2.22. The second kappa shape index (κ2) is 5.45. The number of amides is 2. The largest absolute Gasteiger partial charge is 0.358 e. The summed E-state index contributed by atoms with van der Waals surface area (Å²) in [6.07, 6.45) is 0. The van der Waals surface area contributed by atoms with E-state index >= 15 is 0 Å². The van der Waals surface area contributed by atoms with Crippen molar-refractivity contribution in [3.8, 4) is 0 Å². The number of aryl methyl sites for hydroxylation is 2. The molecule has 1 aliphatic heterocycles. The number of fused-ring (bicyclic) bond motifs is 2. The number of imide groups is 1. The highest BCUT2D eigenvalue weighted by atomic mass is 16.2. The predicted octanol–water partition coefficient (Wildman–Crippen LogP) is 3.83. The lowest BCUT2D eigenvalue weighted by molar-refractivity contribution is -0.122. The number of H-pyrrole nitrogens is 2. The summed E-state index contributed by atoms with van der Waals surface area (Å²) in [6, 6.07) is 15.6. The van der Waals surface area contributed by atoms with E-state index in [4.69, 9.17) is 0 Å². The molecule has 27 heavy (non-hydrogen) atoms. The lowest BCUT2D eigenvalue weighted by Gasteiger charge is -2.06. The highest BCUT2D eigenvalue weighted by Crippen LogP contribution is 2.40. The highest BCUT2D eigenvalue weighted by Gasteiger charge is 2.36. The third-order valence-corrected chi connectivity index (χ3v) is 5.22. The maximum atomic E-state index is 12.8. The smallest absolute Gasteiger partial charge is 0.259 e. The molecule has 2 aromatic heterocycles. The maximum Gasteiger partial charge on any atom is 0.259 e. The van der Waals surface area contributed by atoms with Crippen LogP contribution in [0.3, 0.4) is 0 Å². The number of benzene rings is 2. The van der Waals surface area contributed by atoms with Crippen LogP contribution in [-0.4, -0.2) is 21.8 Å². The maximum absolute atomic E-state index is 12.8. The number of hydrogen-bond donors (Lipinski definition) is 3. The first-order valence-electron chi connectivity index (χ1n) is 8.81. The number of aromatic amines is 2. The molecule has 5 rings (SSSR count). The van der Waals surface area contributed by atoms with Crippen molar-refractivity contribution in [3.05, 3.63) is 71.0 Å². The Labute approximate surface area is 155 Å². The fraction of sp³-hybridized carbons (Fsp3) is 0.0909. The number of nitrogens with one attached hydrogen (secondary N) is 3. The first-order valence-corrected chi connectivity index (χ1v) is 8.81. The summed E-state index contributed by atoms with van der Waals surface area (Å²) in [4.78, 5) is 32.3. The van der Waals surface area contributed by atoms with Crippen LogP contribution in [0.25, 0.3) is 33.0 Å². The van der Waals surface area contributed by atoms with Gasteiger partial charge in [0.2, 0.25) is 0 Å². The number of carbonyl (C=O) groups excluding carboxylic acids is 2. The number of rotatable bonds is 2. The molecule has 0 bridgehead atoms. The van der Waals surface area contributed by atoms with Crippen LogP contribution >= 0.6 is 0 Å². The van der Waals surface area contributed by atoms with Crippen LogP contribution in [0, 0.1) is 13.8 Å². The molecule has 0 fully saturated rings. The fourth-order valence-electron chi connectivity index (χ4n) is 4.13. The zero-order valence-electron chi connectivity index (χ0n) is 14.9. The van der Waals surface area contributed by atoms with Gasteiger partial charge in [-0.3, -0.25) is 14.9 Å². The number of carbonyl (C=O) groups is 2. The average molecular weight is 355 g/mol. The van der Waals surface area contributed by atoms with Gasteiger partial charge in [0.25, 0.3) is 11.8 Å². The van der Waals surface area contributed by atoms with Gasteiger partial charge in [-0.15, -0.1) is 0 Å². The third-order valence-electron chi connectivity index (χ3n) is 5.22. The van der Waals surface area contributed by atoms with Gasteiger partial charge in [0.1, 0.15) is 0 Å². The van der Waals surface area contributed by atoms with Crippen molar-refractivity contribution in [2.24, 2.45) is 0 Å². The molecule has 0 aliphatic carbocycles. The first kappa shape index (κ1) is 15.6. The van der Waals surface area contributed by atoms with E-state index < -0.39 is 0 Å². The standard InChI is InChI=1S/C22H17N3O2/c1-11-17(13-7-3-5-9-15(13)23-11)19-20(22(27)25-21(19)26)18-12(2)24-16-10-6-4-8-14(16)18/h3-10,23-24H,1-2H3,(H,25,26,27). The van der Waals surface area contributed by atoms with Gasteiger partial charge >= 0.3 is 0 Å². The Hall–Kier alpha value is -3.60. The van der Waals surface area contributed by atoms with E-state index in [1.807, 2.05) is 62.4 Å². The van der Waals surface area contributed by atoms with Crippen molar-refractivity contribution in [3.63, 3.8) is 0 Å². The Morgan fingerprint density at radius 2 is 1.04 bits per heavy atom. The van der Waals surface area contributed by atoms with Crippen molar-refractivity contribution >= 4 is 44.8 Å². The molecule has 0 saturated heterocycles. The van der Waals surface area contributed by atoms with Crippen molar-refractivity contribution in [2.75, 3.05) is 0 Å². The Morgan fingerprint density at radius 3 is 1.48 bits per heavy atom. The van der Waals surface area contributed by atoms with Gasteiger partial charge < -0.3 is 9.97 Å². The molecule has 0 unspecified atom stereocenters. The summed E-state index contributed by atoms with van der Waals surface area (Å²) in [5.74, 6) is -0.708. The van der Waals surface area contributed by atoms with Gasteiger partial charge in [0.15, 0.2) is 0 Å². The van der Waals surface area contributed by atoms with E-state index in [0.29, 0.717) is 11.1 Å².